The topological polar surface area (TPSA) is 15.3 Å². The average molecular weight is 286 g/mol. The molecule has 2 heteroatoms. The zero-order valence-electron chi connectivity index (χ0n) is 13.5. The van der Waals surface area contributed by atoms with Gasteiger partial charge in [-0.1, -0.05) is 26.2 Å². The predicted octanol–water partition coefficient (Wildman–Crippen LogP) is 5.06. The summed E-state index contributed by atoms with van der Waals surface area (Å²) < 4.78 is 0. The fraction of sp³-hybridized carbons (Fsp3) is 0.684. The lowest BCUT2D eigenvalue weighted by Crippen LogP contribution is -2.32. The lowest BCUT2D eigenvalue weighted by molar-refractivity contribution is 0.317. The van der Waals surface area contributed by atoms with Crippen molar-refractivity contribution < 1.29 is 0 Å². The zero-order chi connectivity index (χ0) is 14.5. The summed E-state index contributed by atoms with van der Waals surface area (Å²) in [5.74, 6) is 0.862. The molecule has 1 aromatic rings. The van der Waals surface area contributed by atoms with E-state index < -0.39 is 0 Å². The summed E-state index contributed by atoms with van der Waals surface area (Å²) in [4.78, 5) is 2.53. The first kappa shape index (κ1) is 14.7. The maximum Gasteiger partial charge on any atom is 0.0367 e. The van der Waals surface area contributed by atoms with E-state index in [0.29, 0.717) is 6.04 Å². The third-order valence-corrected chi connectivity index (χ3v) is 5.37. The number of benzene rings is 1. The molecule has 1 aromatic carbocycles. The highest BCUT2D eigenvalue weighted by Crippen LogP contribution is 2.30. The summed E-state index contributed by atoms with van der Waals surface area (Å²) in [5.41, 5.74) is 2.71. The Morgan fingerprint density at radius 1 is 0.952 bits per heavy atom. The lowest BCUT2D eigenvalue weighted by Gasteiger charge is -2.33. The number of piperidine rings is 1. The van der Waals surface area contributed by atoms with Gasteiger partial charge in [0.15, 0.2) is 0 Å². The van der Waals surface area contributed by atoms with E-state index in [4.69, 9.17) is 0 Å². The second kappa shape index (κ2) is 7.20. The number of hydrogen-bond acceptors (Lipinski definition) is 2. The molecule has 0 radical (unpaired) electrons. The third kappa shape index (κ3) is 3.72. The van der Waals surface area contributed by atoms with Gasteiger partial charge in [-0.15, -0.1) is 0 Å². The Balaban J connectivity index is 1.61. The van der Waals surface area contributed by atoms with Crippen molar-refractivity contribution in [3.8, 4) is 0 Å². The number of hydrogen-bond donors (Lipinski definition) is 1. The van der Waals surface area contributed by atoms with Crippen LogP contribution in [0.1, 0.15) is 58.3 Å². The molecule has 2 nitrogen and oxygen atoms in total. The van der Waals surface area contributed by atoms with E-state index in [1.165, 1.54) is 75.8 Å². The van der Waals surface area contributed by atoms with Crippen LogP contribution < -0.4 is 10.2 Å². The van der Waals surface area contributed by atoms with Crippen LogP contribution >= 0.6 is 0 Å². The predicted molar refractivity (Wildman–Crippen MR) is 92.2 cm³/mol. The van der Waals surface area contributed by atoms with E-state index in [1.54, 1.807) is 0 Å². The molecule has 1 aliphatic heterocycles. The Bertz CT molecular complexity index is 420. The minimum absolute atomic E-state index is 0.685. The van der Waals surface area contributed by atoms with Crippen LogP contribution in [0.3, 0.4) is 0 Å². The summed E-state index contributed by atoms with van der Waals surface area (Å²) in [6.07, 6.45) is 11.0. The minimum Gasteiger partial charge on any atom is -0.382 e. The Kier molecular flexibility index (Phi) is 5.05. The Morgan fingerprint density at radius 3 is 2.38 bits per heavy atom. The van der Waals surface area contributed by atoms with Crippen molar-refractivity contribution in [3.63, 3.8) is 0 Å². The summed E-state index contributed by atoms with van der Waals surface area (Å²) in [6.45, 7) is 4.80. The Labute approximate surface area is 129 Å². The van der Waals surface area contributed by atoms with E-state index in [-0.39, 0.29) is 0 Å². The number of nitrogens with zero attached hydrogens (tertiary/aromatic N) is 1. The fourth-order valence-electron chi connectivity index (χ4n) is 4.02. The number of rotatable bonds is 4. The molecule has 2 atom stereocenters. The highest BCUT2D eigenvalue weighted by molar-refractivity contribution is 5.55. The van der Waals surface area contributed by atoms with Gasteiger partial charge in [-0.2, -0.15) is 0 Å². The molecule has 0 amide bonds. The monoisotopic (exact) mass is 286 g/mol. The van der Waals surface area contributed by atoms with Crippen LogP contribution in [-0.4, -0.2) is 19.1 Å². The van der Waals surface area contributed by atoms with E-state index in [0.717, 1.165) is 5.92 Å². The van der Waals surface area contributed by atoms with Crippen molar-refractivity contribution in [2.75, 3.05) is 23.3 Å². The molecule has 21 heavy (non-hydrogen) atoms. The van der Waals surface area contributed by atoms with Crippen LogP contribution in [-0.2, 0) is 0 Å². The minimum atomic E-state index is 0.685. The second-order valence-corrected chi connectivity index (χ2v) is 6.80. The van der Waals surface area contributed by atoms with Crippen LogP contribution in [0, 0.1) is 5.92 Å². The van der Waals surface area contributed by atoms with Crippen molar-refractivity contribution in [3.05, 3.63) is 24.3 Å². The van der Waals surface area contributed by atoms with Gasteiger partial charge in [0.2, 0.25) is 0 Å². The average Bonchev–Trinajstić information content (AvgIpc) is 2.57. The Morgan fingerprint density at radius 2 is 1.67 bits per heavy atom. The normalized spacial score (nSPS) is 26.6. The molecule has 2 fully saturated rings. The van der Waals surface area contributed by atoms with Gasteiger partial charge < -0.3 is 10.2 Å². The van der Waals surface area contributed by atoms with Crippen molar-refractivity contribution >= 4 is 11.4 Å². The summed E-state index contributed by atoms with van der Waals surface area (Å²) in [5, 5.41) is 3.79. The third-order valence-electron chi connectivity index (χ3n) is 5.37. The van der Waals surface area contributed by atoms with Gasteiger partial charge in [0.1, 0.15) is 0 Å². The largest absolute Gasteiger partial charge is 0.382 e. The maximum absolute atomic E-state index is 3.79. The van der Waals surface area contributed by atoms with Crippen LogP contribution in [0.25, 0.3) is 0 Å². The summed E-state index contributed by atoms with van der Waals surface area (Å²) in [6, 6.07) is 9.86. The van der Waals surface area contributed by atoms with Crippen LogP contribution in [0.2, 0.25) is 0 Å². The van der Waals surface area contributed by atoms with E-state index in [2.05, 4.69) is 41.4 Å². The van der Waals surface area contributed by atoms with Gasteiger partial charge in [-0.3, -0.25) is 0 Å². The first-order valence-corrected chi connectivity index (χ1v) is 8.98. The SMILES string of the molecule is CCC1CCCCC1Nc1ccc(N2CCCCC2)cc1. The second-order valence-electron chi connectivity index (χ2n) is 6.80. The molecule has 1 heterocycles. The first-order chi connectivity index (χ1) is 10.4. The molecule has 0 bridgehead atoms. The van der Waals surface area contributed by atoms with Crippen LogP contribution in [0.15, 0.2) is 24.3 Å². The molecule has 3 rings (SSSR count). The summed E-state index contributed by atoms with van der Waals surface area (Å²) in [7, 11) is 0. The van der Waals surface area contributed by atoms with E-state index >= 15 is 0 Å². The highest BCUT2D eigenvalue weighted by atomic mass is 15.1. The van der Waals surface area contributed by atoms with Crippen molar-refractivity contribution in [1.29, 1.82) is 0 Å². The van der Waals surface area contributed by atoms with Gasteiger partial charge >= 0.3 is 0 Å². The van der Waals surface area contributed by atoms with E-state index in [9.17, 15) is 0 Å². The lowest BCUT2D eigenvalue weighted by atomic mass is 9.83. The molecule has 2 unspecified atom stereocenters. The Hall–Kier alpha value is -1.18. The molecule has 2 aliphatic rings. The number of nitrogens with one attached hydrogen (secondary N) is 1. The van der Waals surface area contributed by atoms with Crippen molar-refractivity contribution in [1.82, 2.24) is 0 Å². The van der Waals surface area contributed by atoms with Crippen LogP contribution in [0.5, 0.6) is 0 Å². The maximum atomic E-state index is 3.79. The smallest absolute Gasteiger partial charge is 0.0367 e. The van der Waals surface area contributed by atoms with Gasteiger partial charge in [0.25, 0.3) is 0 Å². The molecular weight excluding hydrogens is 256 g/mol. The van der Waals surface area contributed by atoms with Gasteiger partial charge in [0, 0.05) is 30.5 Å². The summed E-state index contributed by atoms with van der Waals surface area (Å²) >= 11 is 0. The zero-order valence-corrected chi connectivity index (χ0v) is 13.5. The standard InChI is InChI=1S/C19H30N2/c1-2-16-8-4-5-9-19(16)20-17-10-12-18(13-11-17)21-14-6-3-7-15-21/h10-13,16,19-20H,2-9,14-15H2,1H3. The van der Waals surface area contributed by atoms with Gasteiger partial charge in [-0.25, -0.2) is 0 Å². The van der Waals surface area contributed by atoms with Crippen molar-refractivity contribution in [2.45, 2.75) is 64.3 Å². The molecular formula is C19H30N2. The number of anilines is 2. The van der Waals surface area contributed by atoms with Crippen molar-refractivity contribution in [2.24, 2.45) is 5.92 Å². The molecule has 1 saturated heterocycles. The van der Waals surface area contributed by atoms with Gasteiger partial charge in [0.05, 0.1) is 0 Å². The quantitative estimate of drug-likeness (QED) is 0.832. The molecule has 1 saturated carbocycles. The molecule has 0 spiro atoms. The molecule has 116 valence electrons. The molecule has 1 N–H and O–H groups in total. The first-order valence-electron chi connectivity index (χ1n) is 8.98. The molecule has 0 aromatic heterocycles. The molecule has 1 aliphatic carbocycles. The van der Waals surface area contributed by atoms with Gasteiger partial charge in [-0.05, 0) is 62.3 Å². The highest BCUT2D eigenvalue weighted by Gasteiger charge is 2.23. The van der Waals surface area contributed by atoms with E-state index in [1.807, 2.05) is 0 Å². The van der Waals surface area contributed by atoms with Crippen LogP contribution in [0.4, 0.5) is 11.4 Å². The fourth-order valence-corrected chi connectivity index (χ4v) is 4.02.